The second-order valence-corrected chi connectivity index (χ2v) is 5.83. The van der Waals surface area contributed by atoms with E-state index < -0.39 is 0 Å². The maximum Gasteiger partial charge on any atom is 0.0923 e. The fraction of sp³-hybridized carbons (Fsp3) is 0.118. The third-order valence-electron chi connectivity index (χ3n) is 3.53. The first-order chi connectivity index (χ1) is 10.3. The number of nitrogens with one attached hydrogen (secondary N) is 1. The predicted molar refractivity (Wildman–Crippen MR) is 89.1 cm³/mol. The molecule has 21 heavy (non-hydrogen) atoms. The Morgan fingerprint density at radius 3 is 2.57 bits per heavy atom. The zero-order valence-electron chi connectivity index (χ0n) is 11.5. The Bertz CT molecular complexity index is 722. The Morgan fingerprint density at radius 1 is 1.05 bits per heavy atom. The molecule has 2 aromatic carbocycles. The summed E-state index contributed by atoms with van der Waals surface area (Å²) in [6.45, 7) is 0.535. The van der Waals surface area contributed by atoms with Crippen LogP contribution in [0.5, 0.6) is 0 Å². The molecular formula is C17H16BrN3. The van der Waals surface area contributed by atoms with E-state index in [4.69, 9.17) is 5.73 Å². The van der Waals surface area contributed by atoms with E-state index in [0.29, 0.717) is 6.54 Å². The second kappa shape index (κ2) is 6.24. The third kappa shape index (κ3) is 3.06. The first kappa shape index (κ1) is 14.0. The lowest BCUT2D eigenvalue weighted by Gasteiger charge is -2.13. The lowest BCUT2D eigenvalue weighted by atomic mass is 9.95. The van der Waals surface area contributed by atoms with Crippen LogP contribution in [-0.4, -0.2) is 16.7 Å². The Kier molecular flexibility index (Phi) is 4.18. The first-order valence-electron chi connectivity index (χ1n) is 6.84. The molecule has 0 saturated carbocycles. The summed E-state index contributed by atoms with van der Waals surface area (Å²) in [5.74, 6) is 0.118. The topological polar surface area (TPSA) is 54.7 Å². The summed E-state index contributed by atoms with van der Waals surface area (Å²) in [7, 11) is 0. The lowest BCUT2D eigenvalue weighted by molar-refractivity contribution is 0.779. The van der Waals surface area contributed by atoms with Gasteiger partial charge < -0.3 is 5.73 Å². The number of hydrogen-bond acceptors (Lipinski definition) is 2. The lowest BCUT2D eigenvalue weighted by Crippen LogP contribution is -2.14. The van der Waals surface area contributed by atoms with Gasteiger partial charge in [0.05, 0.1) is 5.69 Å². The molecule has 0 aliphatic rings. The zero-order valence-corrected chi connectivity index (χ0v) is 13.0. The van der Waals surface area contributed by atoms with Gasteiger partial charge in [-0.25, -0.2) is 0 Å². The standard InChI is InChI=1S/C17H16BrN3/c18-14-8-4-7-13(9-14)15(11-19)17-10-16(20-21-17)12-5-2-1-3-6-12/h1-10,15H,11,19H2,(H,20,21). The molecule has 3 aromatic rings. The molecule has 0 amide bonds. The van der Waals surface area contributed by atoms with E-state index in [9.17, 15) is 0 Å². The smallest absolute Gasteiger partial charge is 0.0923 e. The average Bonchev–Trinajstić information content (AvgIpc) is 2.99. The van der Waals surface area contributed by atoms with Crippen molar-refractivity contribution in [3.05, 3.63) is 76.4 Å². The van der Waals surface area contributed by atoms with Gasteiger partial charge in [-0.2, -0.15) is 5.10 Å². The summed E-state index contributed by atoms with van der Waals surface area (Å²) in [4.78, 5) is 0. The van der Waals surface area contributed by atoms with Gasteiger partial charge in [0.2, 0.25) is 0 Å². The highest BCUT2D eigenvalue weighted by Gasteiger charge is 2.16. The van der Waals surface area contributed by atoms with Crippen LogP contribution in [-0.2, 0) is 0 Å². The molecule has 0 fully saturated rings. The van der Waals surface area contributed by atoms with Crippen molar-refractivity contribution in [3.8, 4) is 11.3 Å². The van der Waals surface area contributed by atoms with E-state index in [1.807, 2.05) is 30.3 Å². The van der Waals surface area contributed by atoms with Crippen molar-refractivity contribution in [1.29, 1.82) is 0 Å². The maximum atomic E-state index is 5.97. The molecule has 0 aliphatic heterocycles. The number of rotatable bonds is 4. The highest BCUT2D eigenvalue weighted by atomic mass is 79.9. The first-order valence-corrected chi connectivity index (χ1v) is 7.63. The zero-order chi connectivity index (χ0) is 14.7. The number of nitrogens with two attached hydrogens (primary N) is 1. The molecular weight excluding hydrogens is 326 g/mol. The Hall–Kier alpha value is -1.91. The van der Waals surface area contributed by atoms with E-state index in [1.54, 1.807) is 0 Å². The van der Waals surface area contributed by atoms with Crippen LogP contribution in [0.25, 0.3) is 11.3 Å². The van der Waals surface area contributed by atoms with Crippen LogP contribution in [0.2, 0.25) is 0 Å². The number of halogens is 1. The highest BCUT2D eigenvalue weighted by Crippen LogP contribution is 2.27. The average molecular weight is 342 g/mol. The molecule has 1 atom stereocenters. The Morgan fingerprint density at radius 2 is 1.86 bits per heavy atom. The summed E-state index contributed by atoms with van der Waals surface area (Å²) in [5.41, 5.74) is 10.2. The van der Waals surface area contributed by atoms with Crippen LogP contribution < -0.4 is 5.73 Å². The van der Waals surface area contributed by atoms with Gasteiger partial charge in [0, 0.05) is 28.2 Å². The summed E-state index contributed by atoms with van der Waals surface area (Å²) in [5, 5.41) is 7.54. The van der Waals surface area contributed by atoms with Gasteiger partial charge in [-0.05, 0) is 23.8 Å². The predicted octanol–water partition coefficient (Wildman–Crippen LogP) is 3.93. The van der Waals surface area contributed by atoms with Crippen LogP contribution in [0.15, 0.2) is 65.1 Å². The largest absolute Gasteiger partial charge is 0.329 e. The van der Waals surface area contributed by atoms with Gasteiger partial charge in [-0.1, -0.05) is 58.4 Å². The van der Waals surface area contributed by atoms with Gasteiger partial charge >= 0.3 is 0 Å². The van der Waals surface area contributed by atoms with Crippen LogP contribution in [0.4, 0.5) is 0 Å². The van der Waals surface area contributed by atoms with Crippen molar-refractivity contribution in [2.45, 2.75) is 5.92 Å². The normalized spacial score (nSPS) is 12.3. The fourth-order valence-corrected chi connectivity index (χ4v) is 2.85. The minimum Gasteiger partial charge on any atom is -0.329 e. The minimum atomic E-state index is 0.118. The van der Waals surface area contributed by atoms with Crippen molar-refractivity contribution in [1.82, 2.24) is 10.2 Å². The fourth-order valence-electron chi connectivity index (χ4n) is 2.44. The van der Waals surface area contributed by atoms with E-state index in [0.717, 1.165) is 21.4 Å². The van der Waals surface area contributed by atoms with Gasteiger partial charge in [-0.3, -0.25) is 5.10 Å². The summed E-state index contributed by atoms with van der Waals surface area (Å²) in [6.07, 6.45) is 0. The molecule has 3 rings (SSSR count). The van der Waals surface area contributed by atoms with Crippen molar-refractivity contribution in [2.24, 2.45) is 5.73 Å². The molecule has 3 nitrogen and oxygen atoms in total. The van der Waals surface area contributed by atoms with E-state index in [1.165, 1.54) is 5.56 Å². The maximum absolute atomic E-state index is 5.97. The molecule has 1 aromatic heterocycles. The van der Waals surface area contributed by atoms with Crippen molar-refractivity contribution in [2.75, 3.05) is 6.54 Å². The third-order valence-corrected chi connectivity index (χ3v) is 4.02. The van der Waals surface area contributed by atoms with Crippen LogP contribution in [0.1, 0.15) is 17.2 Å². The van der Waals surface area contributed by atoms with E-state index >= 15 is 0 Å². The van der Waals surface area contributed by atoms with Gasteiger partial charge in [0.25, 0.3) is 0 Å². The monoisotopic (exact) mass is 341 g/mol. The summed E-state index contributed by atoms with van der Waals surface area (Å²) >= 11 is 3.51. The Labute approximate surface area is 132 Å². The minimum absolute atomic E-state index is 0.118. The van der Waals surface area contributed by atoms with Crippen LogP contribution in [0.3, 0.4) is 0 Å². The molecule has 0 bridgehead atoms. The number of hydrogen-bond donors (Lipinski definition) is 2. The van der Waals surface area contributed by atoms with Crippen molar-refractivity contribution < 1.29 is 0 Å². The molecule has 106 valence electrons. The molecule has 0 radical (unpaired) electrons. The number of aromatic nitrogens is 2. The van der Waals surface area contributed by atoms with Gasteiger partial charge in [0.15, 0.2) is 0 Å². The van der Waals surface area contributed by atoms with Crippen molar-refractivity contribution in [3.63, 3.8) is 0 Å². The molecule has 1 unspecified atom stereocenters. The van der Waals surface area contributed by atoms with Gasteiger partial charge in [-0.15, -0.1) is 0 Å². The summed E-state index contributed by atoms with van der Waals surface area (Å²) < 4.78 is 1.06. The molecule has 0 spiro atoms. The number of benzene rings is 2. The second-order valence-electron chi connectivity index (χ2n) is 4.92. The van der Waals surface area contributed by atoms with Crippen LogP contribution in [0, 0.1) is 0 Å². The highest BCUT2D eigenvalue weighted by molar-refractivity contribution is 9.10. The molecule has 0 saturated heterocycles. The van der Waals surface area contributed by atoms with E-state index in [2.05, 4.69) is 56.5 Å². The number of aromatic amines is 1. The van der Waals surface area contributed by atoms with Crippen LogP contribution >= 0.6 is 15.9 Å². The quantitative estimate of drug-likeness (QED) is 0.755. The molecule has 4 heteroatoms. The molecule has 0 aliphatic carbocycles. The van der Waals surface area contributed by atoms with Gasteiger partial charge in [0.1, 0.15) is 0 Å². The summed E-state index contributed by atoms with van der Waals surface area (Å²) in [6, 6.07) is 20.4. The molecule has 3 N–H and O–H groups in total. The molecule has 1 heterocycles. The number of nitrogens with zero attached hydrogens (tertiary/aromatic N) is 1. The van der Waals surface area contributed by atoms with Crippen molar-refractivity contribution >= 4 is 15.9 Å². The number of H-pyrrole nitrogens is 1. The Balaban J connectivity index is 1.94. The SMILES string of the molecule is NCC(c1cccc(Br)c1)c1cc(-c2ccccc2)n[nH]1. The van der Waals surface area contributed by atoms with E-state index in [-0.39, 0.29) is 5.92 Å².